The van der Waals surface area contributed by atoms with Gasteiger partial charge in [0.1, 0.15) is 0 Å². The van der Waals surface area contributed by atoms with Crippen molar-refractivity contribution in [1.82, 2.24) is 10.6 Å². The van der Waals surface area contributed by atoms with Crippen LogP contribution in [0.1, 0.15) is 40.5 Å². The summed E-state index contributed by atoms with van der Waals surface area (Å²) >= 11 is 0. The number of nitrogens with one attached hydrogen (secondary N) is 2. The van der Waals surface area contributed by atoms with Crippen LogP contribution in [0.4, 0.5) is 4.79 Å². The summed E-state index contributed by atoms with van der Waals surface area (Å²) in [6.45, 7) is 7.49. The summed E-state index contributed by atoms with van der Waals surface area (Å²) in [4.78, 5) is 22.5. The molecule has 5 nitrogen and oxygen atoms in total. The minimum Gasteiger partial charge on any atom is -0.481 e. The highest BCUT2D eigenvalue weighted by atomic mass is 16.4. The molecule has 0 saturated heterocycles. The van der Waals surface area contributed by atoms with E-state index < -0.39 is 18.0 Å². The smallest absolute Gasteiger partial charge is 0.316 e. The van der Waals surface area contributed by atoms with Crippen LogP contribution in [0.15, 0.2) is 0 Å². The molecule has 3 N–H and O–H groups in total. The van der Waals surface area contributed by atoms with Gasteiger partial charge in [-0.2, -0.15) is 0 Å². The molecule has 2 atom stereocenters. The molecule has 0 spiro atoms. The van der Waals surface area contributed by atoms with E-state index in [9.17, 15) is 9.59 Å². The molecule has 0 aliphatic carbocycles. The van der Waals surface area contributed by atoms with Gasteiger partial charge in [-0.15, -0.1) is 6.42 Å². The number of carboxylic acids is 1. The maximum atomic E-state index is 11.7. The third-order valence-electron chi connectivity index (χ3n) is 2.64. The standard InChI is InChI=1S/C13H22N2O3/c1-6-9(7-2)14-12(18)15-10(8-11(16)17)13(3,4)5/h1,9-10H,7-8H2,2-5H3,(H,16,17)(H2,14,15,18). The lowest BCUT2D eigenvalue weighted by Crippen LogP contribution is -2.50. The summed E-state index contributed by atoms with van der Waals surface area (Å²) in [5.41, 5.74) is -0.340. The number of rotatable bonds is 5. The van der Waals surface area contributed by atoms with Crippen molar-refractivity contribution >= 4 is 12.0 Å². The van der Waals surface area contributed by atoms with E-state index in [1.165, 1.54) is 0 Å². The quantitative estimate of drug-likeness (QED) is 0.652. The Labute approximate surface area is 108 Å². The van der Waals surface area contributed by atoms with Crippen molar-refractivity contribution in [2.24, 2.45) is 5.41 Å². The fourth-order valence-corrected chi connectivity index (χ4v) is 1.37. The van der Waals surface area contributed by atoms with Crippen molar-refractivity contribution in [1.29, 1.82) is 0 Å². The largest absolute Gasteiger partial charge is 0.481 e. The van der Waals surface area contributed by atoms with E-state index in [2.05, 4.69) is 16.6 Å². The monoisotopic (exact) mass is 254 g/mol. The predicted octanol–water partition coefficient (Wildman–Crippen LogP) is 1.59. The lowest BCUT2D eigenvalue weighted by Gasteiger charge is -2.30. The fourth-order valence-electron chi connectivity index (χ4n) is 1.37. The van der Waals surface area contributed by atoms with Gasteiger partial charge in [0.05, 0.1) is 12.5 Å². The third kappa shape index (κ3) is 6.14. The number of urea groups is 1. The van der Waals surface area contributed by atoms with Crippen molar-refractivity contribution in [2.75, 3.05) is 0 Å². The molecule has 0 bridgehead atoms. The zero-order chi connectivity index (χ0) is 14.3. The van der Waals surface area contributed by atoms with Crippen LogP contribution < -0.4 is 10.6 Å². The average molecular weight is 254 g/mol. The number of terminal acetylenes is 1. The molecular formula is C13H22N2O3. The van der Waals surface area contributed by atoms with E-state index >= 15 is 0 Å². The van der Waals surface area contributed by atoms with Gasteiger partial charge in [-0.25, -0.2) is 4.79 Å². The summed E-state index contributed by atoms with van der Waals surface area (Å²) in [6.07, 6.45) is 5.75. The molecule has 0 fully saturated rings. The van der Waals surface area contributed by atoms with E-state index in [4.69, 9.17) is 11.5 Å². The van der Waals surface area contributed by atoms with E-state index in [1.54, 1.807) is 0 Å². The Morgan fingerprint density at radius 2 is 1.89 bits per heavy atom. The molecular weight excluding hydrogens is 232 g/mol. The lowest BCUT2D eigenvalue weighted by molar-refractivity contribution is -0.138. The van der Waals surface area contributed by atoms with E-state index in [0.29, 0.717) is 6.42 Å². The summed E-state index contributed by atoms with van der Waals surface area (Å²) in [6, 6.07) is -1.22. The molecule has 18 heavy (non-hydrogen) atoms. The normalized spacial score (nSPS) is 14.2. The minimum absolute atomic E-state index is 0.121. The Hall–Kier alpha value is -1.70. The summed E-state index contributed by atoms with van der Waals surface area (Å²) in [5, 5.41) is 14.1. The van der Waals surface area contributed by atoms with Crippen LogP contribution in [0.25, 0.3) is 0 Å². The van der Waals surface area contributed by atoms with Gasteiger partial charge in [0.25, 0.3) is 0 Å². The zero-order valence-corrected chi connectivity index (χ0v) is 11.4. The van der Waals surface area contributed by atoms with Gasteiger partial charge in [-0.3, -0.25) is 4.79 Å². The van der Waals surface area contributed by atoms with Crippen LogP contribution in [-0.4, -0.2) is 29.2 Å². The Bertz CT molecular complexity index is 339. The van der Waals surface area contributed by atoms with Crippen LogP contribution in [0, 0.1) is 17.8 Å². The number of carboxylic acid groups (broad SMARTS) is 1. The van der Waals surface area contributed by atoms with E-state index in [1.807, 2.05) is 27.7 Å². The van der Waals surface area contributed by atoms with E-state index in [-0.39, 0.29) is 17.9 Å². The topological polar surface area (TPSA) is 78.4 Å². The second kappa shape index (κ2) is 6.90. The first-order valence-electron chi connectivity index (χ1n) is 5.95. The van der Waals surface area contributed by atoms with Crippen LogP contribution >= 0.6 is 0 Å². The second-order valence-corrected chi connectivity index (χ2v) is 5.26. The number of amides is 2. The van der Waals surface area contributed by atoms with Gasteiger partial charge in [-0.1, -0.05) is 33.6 Å². The van der Waals surface area contributed by atoms with Crippen molar-refractivity contribution in [2.45, 2.75) is 52.6 Å². The molecule has 0 aliphatic rings. The zero-order valence-electron chi connectivity index (χ0n) is 11.4. The molecule has 5 heteroatoms. The number of carbonyl (C=O) groups excluding carboxylic acids is 1. The predicted molar refractivity (Wildman–Crippen MR) is 70.1 cm³/mol. The van der Waals surface area contributed by atoms with Crippen molar-refractivity contribution in [3.8, 4) is 12.3 Å². The molecule has 102 valence electrons. The molecule has 2 unspecified atom stereocenters. The molecule has 0 rings (SSSR count). The fraction of sp³-hybridized carbons (Fsp3) is 0.692. The van der Waals surface area contributed by atoms with Crippen molar-refractivity contribution in [3.63, 3.8) is 0 Å². The molecule has 0 aromatic rings. The number of hydrogen-bond donors (Lipinski definition) is 3. The number of carbonyl (C=O) groups is 2. The van der Waals surface area contributed by atoms with Gasteiger partial charge >= 0.3 is 12.0 Å². The Morgan fingerprint density at radius 1 is 1.33 bits per heavy atom. The molecule has 0 saturated carbocycles. The van der Waals surface area contributed by atoms with Crippen LogP contribution in [-0.2, 0) is 4.79 Å². The first-order chi connectivity index (χ1) is 8.20. The SMILES string of the molecule is C#CC(CC)NC(=O)NC(CC(=O)O)C(C)(C)C. The Balaban J connectivity index is 4.55. The highest BCUT2D eigenvalue weighted by Gasteiger charge is 2.28. The maximum Gasteiger partial charge on any atom is 0.316 e. The Morgan fingerprint density at radius 3 is 2.22 bits per heavy atom. The van der Waals surface area contributed by atoms with Crippen molar-refractivity contribution < 1.29 is 14.7 Å². The van der Waals surface area contributed by atoms with Gasteiger partial charge in [0.15, 0.2) is 0 Å². The maximum absolute atomic E-state index is 11.7. The second-order valence-electron chi connectivity index (χ2n) is 5.26. The molecule has 0 heterocycles. The highest BCUT2D eigenvalue weighted by Crippen LogP contribution is 2.21. The summed E-state index contributed by atoms with van der Waals surface area (Å²) < 4.78 is 0. The first kappa shape index (κ1) is 16.3. The number of aliphatic carboxylic acids is 1. The van der Waals surface area contributed by atoms with Crippen LogP contribution in [0.5, 0.6) is 0 Å². The first-order valence-corrected chi connectivity index (χ1v) is 5.95. The molecule has 0 aliphatic heterocycles. The van der Waals surface area contributed by atoms with Gasteiger partial charge < -0.3 is 15.7 Å². The lowest BCUT2D eigenvalue weighted by atomic mass is 9.85. The molecule has 0 radical (unpaired) electrons. The average Bonchev–Trinajstić information content (AvgIpc) is 2.23. The van der Waals surface area contributed by atoms with Crippen LogP contribution in [0.2, 0.25) is 0 Å². The molecule has 0 aromatic carbocycles. The molecule has 2 amide bonds. The van der Waals surface area contributed by atoms with Crippen molar-refractivity contribution in [3.05, 3.63) is 0 Å². The Kier molecular flexibility index (Phi) is 6.24. The van der Waals surface area contributed by atoms with Crippen LogP contribution in [0.3, 0.4) is 0 Å². The summed E-state index contributed by atoms with van der Waals surface area (Å²) in [7, 11) is 0. The molecule has 0 aromatic heterocycles. The van der Waals surface area contributed by atoms with Gasteiger partial charge in [0, 0.05) is 6.04 Å². The highest BCUT2D eigenvalue weighted by molar-refractivity contribution is 5.76. The van der Waals surface area contributed by atoms with E-state index in [0.717, 1.165) is 0 Å². The van der Waals surface area contributed by atoms with Gasteiger partial charge in [-0.05, 0) is 11.8 Å². The minimum atomic E-state index is -0.945. The summed E-state index contributed by atoms with van der Waals surface area (Å²) in [5.74, 6) is 1.50. The number of hydrogen-bond acceptors (Lipinski definition) is 2. The third-order valence-corrected chi connectivity index (χ3v) is 2.64. The van der Waals surface area contributed by atoms with Gasteiger partial charge in [0.2, 0.25) is 0 Å².